The third-order valence-corrected chi connectivity index (χ3v) is 5.86. The van der Waals surface area contributed by atoms with Crippen molar-refractivity contribution in [2.75, 3.05) is 28.8 Å². The van der Waals surface area contributed by atoms with E-state index in [9.17, 15) is 19.2 Å². The molecule has 0 bridgehead atoms. The molecule has 1 heterocycles. The van der Waals surface area contributed by atoms with Crippen molar-refractivity contribution >= 4 is 52.4 Å². The minimum absolute atomic E-state index is 0.0865. The topological polar surface area (TPSA) is 96.0 Å². The molecule has 3 amide bonds. The van der Waals surface area contributed by atoms with Gasteiger partial charge in [-0.05, 0) is 67.6 Å². The van der Waals surface area contributed by atoms with Crippen LogP contribution < -0.4 is 15.1 Å². The van der Waals surface area contributed by atoms with Crippen molar-refractivity contribution in [2.24, 2.45) is 0 Å². The van der Waals surface area contributed by atoms with E-state index in [1.54, 1.807) is 38.2 Å². The van der Waals surface area contributed by atoms with Crippen LogP contribution in [0.3, 0.4) is 0 Å². The Balaban J connectivity index is 1.48. The number of anilines is 3. The number of nitrogens with one attached hydrogen (secondary N) is 1. The number of hydrogen-bond acceptors (Lipinski definition) is 6. The number of rotatable bonds is 7. The Kier molecular flexibility index (Phi) is 7.17. The molecular weight excluding hydrogens is 482 g/mol. The standard InChI is InChI=1S/C27H22ClN3O5/c1-3-36-27(35)18-11-15-21(16-12-18)31-25(33)22(28)23(26(31)34)29-19-13-9-17(10-14-19)24(32)30(2)20-7-5-4-6-8-20/h4-16,29H,3H2,1-2H3. The number of carbonyl (C=O) groups is 4. The van der Waals surface area contributed by atoms with E-state index in [1.807, 2.05) is 30.3 Å². The number of benzene rings is 3. The van der Waals surface area contributed by atoms with Gasteiger partial charge in [-0.3, -0.25) is 14.4 Å². The number of carbonyl (C=O) groups excluding carboxylic acids is 4. The lowest BCUT2D eigenvalue weighted by molar-refractivity contribution is -0.120. The average molecular weight is 504 g/mol. The first-order chi connectivity index (χ1) is 17.3. The fourth-order valence-electron chi connectivity index (χ4n) is 3.61. The Morgan fingerprint density at radius 1 is 0.889 bits per heavy atom. The summed E-state index contributed by atoms with van der Waals surface area (Å²) in [6, 6.07) is 21.6. The molecule has 4 rings (SSSR count). The summed E-state index contributed by atoms with van der Waals surface area (Å²) in [5.41, 5.74) is 2.15. The maximum atomic E-state index is 13.0. The summed E-state index contributed by atoms with van der Waals surface area (Å²) in [4.78, 5) is 52.9. The van der Waals surface area contributed by atoms with Crippen molar-refractivity contribution < 1.29 is 23.9 Å². The largest absolute Gasteiger partial charge is 0.462 e. The predicted molar refractivity (Wildman–Crippen MR) is 137 cm³/mol. The number of para-hydroxylation sites is 1. The molecule has 1 aliphatic rings. The van der Waals surface area contributed by atoms with Crippen LogP contribution in [0.2, 0.25) is 0 Å². The second-order valence-electron chi connectivity index (χ2n) is 7.80. The molecule has 36 heavy (non-hydrogen) atoms. The van der Waals surface area contributed by atoms with Crippen molar-refractivity contribution in [1.82, 2.24) is 0 Å². The van der Waals surface area contributed by atoms with Gasteiger partial charge in [0.2, 0.25) is 0 Å². The number of halogens is 1. The number of nitrogens with zero attached hydrogens (tertiary/aromatic N) is 2. The highest BCUT2D eigenvalue weighted by molar-refractivity contribution is 6.53. The molecule has 0 unspecified atom stereocenters. The number of imide groups is 1. The lowest BCUT2D eigenvalue weighted by Gasteiger charge is -2.17. The van der Waals surface area contributed by atoms with Gasteiger partial charge in [-0.25, -0.2) is 9.69 Å². The Labute approximate surface area is 212 Å². The molecule has 1 N–H and O–H groups in total. The van der Waals surface area contributed by atoms with Gasteiger partial charge >= 0.3 is 5.97 Å². The van der Waals surface area contributed by atoms with Crippen LogP contribution in [-0.2, 0) is 14.3 Å². The van der Waals surface area contributed by atoms with Crippen molar-refractivity contribution in [3.63, 3.8) is 0 Å². The van der Waals surface area contributed by atoms with Crippen LogP contribution in [0.4, 0.5) is 17.1 Å². The monoisotopic (exact) mass is 503 g/mol. The SMILES string of the molecule is CCOC(=O)c1ccc(N2C(=O)C(Cl)=C(Nc3ccc(C(=O)N(C)c4ccccc4)cc3)C2=O)cc1. The van der Waals surface area contributed by atoms with Gasteiger partial charge in [0.1, 0.15) is 10.7 Å². The molecule has 0 saturated carbocycles. The van der Waals surface area contributed by atoms with Crippen molar-refractivity contribution in [2.45, 2.75) is 6.92 Å². The Hall–Kier alpha value is -4.43. The summed E-state index contributed by atoms with van der Waals surface area (Å²) in [5.74, 6) is -2.03. The molecule has 0 aromatic heterocycles. The first-order valence-electron chi connectivity index (χ1n) is 11.1. The fraction of sp³-hybridized carbons (Fsp3) is 0.111. The van der Waals surface area contributed by atoms with Crippen molar-refractivity contribution in [3.8, 4) is 0 Å². The first kappa shape index (κ1) is 24.7. The zero-order valence-corrected chi connectivity index (χ0v) is 20.3. The smallest absolute Gasteiger partial charge is 0.338 e. The zero-order valence-electron chi connectivity index (χ0n) is 19.5. The van der Waals surface area contributed by atoms with E-state index in [4.69, 9.17) is 16.3 Å². The molecule has 3 aromatic rings. The molecular formula is C27H22ClN3O5. The molecule has 0 spiro atoms. The zero-order chi connectivity index (χ0) is 25.8. The molecule has 0 saturated heterocycles. The van der Waals surface area contributed by atoms with E-state index in [0.29, 0.717) is 16.8 Å². The van der Waals surface area contributed by atoms with Gasteiger partial charge in [-0.15, -0.1) is 0 Å². The highest BCUT2D eigenvalue weighted by Crippen LogP contribution is 2.30. The number of esters is 1. The van der Waals surface area contributed by atoms with Gasteiger partial charge in [-0.1, -0.05) is 29.8 Å². The van der Waals surface area contributed by atoms with Crippen LogP contribution in [0.1, 0.15) is 27.6 Å². The van der Waals surface area contributed by atoms with Crippen LogP contribution in [0.5, 0.6) is 0 Å². The summed E-state index contributed by atoms with van der Waals surface area (Å²) in [7, 11) is 1.69. The number of ether oxygens (including phenoxy) is 1. The highest BCUT2D eigenvalue weighted by atomic mass is 35.5. The average Bonchev–Trinajstić information content (AvgIpc) is 3.12. The first-order valence-corrected chi connectivity index (χ1v) is 11.5. The van der Waals surface area contributed by atoms with Crippen LogP contribution in [0.25, 0.3) is 0 Å². The summed E-state index contributed by atoms with van der Waals surface area (Å²) >= 11 is 6.20. The molecule has 0 radical (unpaired) electrons. The maximum Gasteiger partial charge on any atom is 0.338 e. The molecule has 0 fully saturated rings. The third kappa shape index (κ3) is 4.85. The second kappa shape index (κ2) is 10.5. The minimum atomic E-state index is -0.690. The van der Waals surface area contributed by atoms with Crippen molar-refractivity contribution in [3.05, 3.63) is 101 Å². The minimum Gasteiger partial charge on any atom is -0.462 e. The third-order valence-electron chi connectivity index (χ3n) is 5.51. The van der Waals surface area contributed by atoms with Gasteiger partial charge in [0.25, 0.3) is 17.7 Å². The van der Waals surface area contributed by atoms with E-state index >= 15 is 0 Å². The van der Waals surface area contributed by atoms with Gasteiger partial charge < -0.3 is 15.0 Å². The lowest BCUT2D eigenvalue weighted by Crippen LogP contribution is -2.32. The summed E-state index contributed by atoms with van der Waals surface area (Å²) in [6.45, 7) is 1.93. The Morgan fingerprint density at radius 2 is 1.50 bits per heavy atom. The Morgan fingerprint density at radius 3 is 2.11 bits per heavy atom. The molecule has 8 nitrogen and oxygen atoms in total. The number of amides is 3. The second-order valence-corrected chi connectivity index (χ2v) is 8.18. The highest BCUT2D eigenvalue weighted by Gasteiger charge is 2.39. The fourth-order valence-corrected chi connectivity index (χ4v) is 3.82. The summed E-state index contributed by atoms with van der Waals surface area (Å²) < 4.78 is 4.95. The summed E-state index contributed by atoms with van der Waals surface area (Å²) in [6.07, 6.45) is 0. The van der Waals surface area contributed by atoms with Crippen LogP contribution in [0, 0.1) is 0 Å². The van der Waals surface area contributed by atoms with Gasteiger partial charge in [0, 0.05) is 24.0 Å². The maximum absolute atomic E-state index is 13.0. The van der Waals surface area contributed by atoms with E-state index in [1.165, 1.54) is 29.2 Å². The molecule has 182 valence electrons. The molecule has 0 aliphatic carbocycles. The van der Waals surface area contributed by atoms with E-state index in [-0.39, 0.29) is 28.9 Å². The Bertz CT molecular complexity index is 1350. The summed E-state index contributed by atoms with van der Waals surface area (Å²) in [5, 5.41) is 2.62. The lowest BCUT2D eigenvalue weighted by atomic mass is 10.1. The molecule has 9 heteroatoms. The molecule has 0 atom stereocenters. The van der Waals surface area contributed by atoms with E-state index in [2.05, 4.69) is 5.32 Å². The van der Waals surface area contributed by atoms with Crippen LogP contribution in [0.15, 0.2) is 89.6 Å². The van der Waals surface area contributed by atoms with Gasteiger partial charge in [0.05, 0.1) is 17.9 Å². The van der Waals surface area contributed by atoms with E-state index in [0.717, 1.165) is 10.6 Å². The van der Waals surface area contributed by atoms with Crippen LogP contribution in [-0.4, -0.2) is 37.3 Å². The number of hydrogen-bond donors (Lipinski definition) is 1. The van der Waals surface area contributed by atoms with Gasteiger partial charge in [0.15, 0.2) is 0 Å². The van der Waals surface area contributed by atoms with E-state index < -0.39 is 17.8 Å². The molecule has 3 aromatic carbocycles. The molecule has 1 aliphatic heterocycles. The predicted octanol–water partition coefficient (Wildman–Crippen LogP) is 4.58. The quantitative estimate of drug-likeness (QED) is 0.374. The van der Waals surface area contributed by atoms with Crippen molar-refractivity contribution in [1.29, 1.82) is 0 Å². The normalized spacial score (nSPS) is 13.1. The van der Waals surface area contributed by atoms with Crippen LogP contribution >= 0.6 is 11.6 Å². The van der Waals surface area contributed by atoms with Gasteiger partial charge in [-0.2, -0.15) is 0 Å².